The molecule has 0 aliphatic carbocycles. The Balaban J connectivity index is 2.16. The molecule has 1 rings (SSSR count). The molecular formula is C22H43N2+. The van der Waals surface area contributed by atoms with Gasteiger partial charge in [-0.1, -0.05) is 78.1 Å². The first-order valence-electron chi connectivity index (χ1n) is 10.9. The van der Waals surface area contributed by atoms with Gasteiger partial charge in [-0.2, -0.15) is 0 Å². The van der Waals surface area contributed by atoms with Gasteiger partial charge in [-0.3, -0.25) is 0 Å². The van der Waals surface area contributed by atoms with Gasteiger partial charge in [0.2, 0.25) is 0 Å². The van der Waals surface area contributed by atoms with E-state index in [1.54, 1.807) is 5.82 Å². The van der Waals surface area contributed by atoms with E-state index in [-0.39, 0.29) is 0 Å². The fourth-order valence-corrected chi connectivity index (χ4v) is 3.58. The Morgan fingerprint density at radius 2 is 1.25 bits per heavy atom. The number of aromatic nitrogens is 2. The van der Waals surface area contributed by atoms with E-state index in [1.165, 1.54) is 96.4 Å². The van der Waals surface area contributed by atoms with Crippen LogP contribution in [0.25, 0.3) is 0 Å². The van der Waals surface area contributed by atoms with Crippen LogP contribution in [0.5, 0.6) is 0 Å². The normalized spacial score (nSPS) is 11.3. The molecule has 0 radical (unpaired) electrons. The maximum atomic E-state index is 2.51. The molecule has 0 aliphatic heterocycles. The first-order valence-corrected chi connectivity index (χ1v) is 10.9. The quantitative estimate of drug-likeness (QED) is 0.242. The summed E-state index contributed by atoms with van der Waals surface area (Å²) in [5.41, 5.74) is 0. The van der Waals surface area contributed by atoms with Crippen molar-refractivity contribution in [3.05, 3.63) is 18.2 Å². The fourth-order valence-electron chi connectivity index (χ4n) is 3.58. The molecule has 0 unspecified atom stereocenters. The monoisotopic (exact) mass is 335 g/mol. The minimum atomic E-state index is 1.11. The van der Waals surface area contributed by atoms with Crippen LogP contribution in [0, 0.1) is 0 Å². The molecule has 0 saturated heterocycles. The average molecular weight is 336 g/mol. The second kappa shape index (κ2) is 14.5. The number of unbranched alkanes of at least 4 members (excludes halogenated alkanes) is 11. The predicted octanol–water partition coefficient (Wildman–Crippen LogP) is 6.45. The summed E-state index contributed by atoms with van der Waals surface area (Å²) in [6.45, 7) is 9.15. The van der Waals surface area contributed by atoms with Gasteiger partial charge < -0.3 is 0 Å². The van der Waals surface area contributed by atoms with Crippen LogP contribution in [0.3, 0.4) is 0 Å². The summed E-state index contributed by atoms with van der Waals surface area (Å²) in [4.78, 5) is 0. The second-order valence-corrected chi connectivity index (χ2v) is 7.33. The Labute approximate surface area is 151 Å². The highest BCUT2D eigenvalue weighted by atomic mass is 15.1. The van der Waals surface area contributed by atoms with Crippen LogP contribution in [-0.2, 0) is 19.5 Å². The van der Waals surface area contributed by atoms with Crippen molar-refractivity contribution >= 4 is 0 Å². The van der Waals surface area contributed by atoms with Gasteiger partial charge in [0, 0.05) is 6.42 Å². The molecule has 1 heterocycles. The minimum absolute atomic E-state index is 1.11. The van der Waals surface area contributed by atoms with Gasteiger partial charge in [-0.05, 0) is 26.2 Å². The third-order valence-electron chi connectivity index (χ3n) is 5.19. The first-order chi connectivity index (χ1) is 11.8. The van der Waals surface area contributed by atoms with E-state index < -0.39 is 0 Å². The van der Waals surface area contributed by atoms with Crippen molar-refractivity contribution in [2.75, 3.05) is 0 Å². The summed E-state index contributed by atoms with van der Waals surface area (Å²) in [7, 11) is 0. The Morgan fingerprint density at radius 3 is 1.83 bits per heavy atom. The van der Waals surface area contributed by atoms with Gasteiger partial charge >= 0.3 is 0 Å². The number of hydrogen-bond acceptors (Lipinski definition) is 0. The summed E-state index contributed by atoms with van der Waals surface area (Å²) in [6.07, 6.45) is 24.0. The molecule has 0 N–H and O–H groups in total. The minimum Gasteiger partial charge on any atom is -0.235 e. The van der Waals surface area contributed by atoms with Crippen molar-refractivity contribution in [3.63, 3.8) is 0 Å². The maximum Gasteiger partial charge on any atom is 0.256 e. The topological polar surface area (TPSA) is 8.81 Å². The van der Waals surface area contributed by atoms with Gasteiger partial charge in [0.25, 0.3) is 5.82 Å². The Bertz CT molecular complexity index is 395. The van der Waals surface area contributed by atoms with Crippen molar-refractivity contribution < 1.29 is 4.57 Å². The average Bonchev–Trinajstić information content (AvgIpc) is 2.99. The van der Waals surface area contributed by atoms with Crippen molar-refractivity contribution in [1.29, 1.82) is 0 Å². The number of aryl methyl sites for hydroxylation is 2. The third kappa shape index (κ3) is 8.89. The van der Waals surface area contributed by atoms with Crippen LogP contribution in [0.2, 0.25) is 0 Å². The summed E-state index contributed by atoms with van der Waals surface area (Å²) in [5.74, 6) is 1.55. The Morgan fingerprint density at radius 1 is 0.708 bits per heavy atom. The molecule has 24 heavy (non-hydrogen) atoms. The van der Waals surface area contributed by atoms with Crippen molar-refractivity contribution in [3.8, 4) is 0 Å². The SMILES string of the molecule is CCCCCCCCCCCCc1n(CC)cc[n+]1CCCCC. The summed E-state index contributed by atoms with van der Waals surface area (Å²) in [5, 5.41) is 0. The zero-order valence-electron chi connectivity index (χ0n) is 16.9. The lowest BCUT2D eigenvalue weighted by Gasteiger charge is -2.05. The molecule has 0 fully saturated rings. The van der Waals surface area contributed by atoms with E-state index in [2.05, 4.69) is 42.3 Å². The van der Waals surface area contributed by atoms with Crippen LogP contribution >= 0.6 is 0 Å². The Hall–Kier alpha value is -0.790. The van der Waals surface area contributed by atoms with Crippen molar-refractivity contribution in [2.24, 2.45) is 0 Å². The van der Waals surface area contributed by atoms with Gasteiger partial charge in [0.05, 0.1) is 13.1 Å². The molecule has 0 amide bonds. The fraction of sp³-hybridized carbons (Fsp3) is 0.864. The molecule has 0 atom stereocenters. The van der Waals surface area contributed by atoms with Crippen molar-refractivity contribution in [2.45, 2.75) is 124 Å². The van der Waals surface area contributed by atoms with Gasteiger partial charge in [0.1, 0.15) is 12.4 Å². The largest absolute Gasteiger partial charge is 0.256 e. The van der Waals surface area contributed by atoms with Crippen LogP contribution in [0.1, 0.15) is 110 Å². The maximum absolute atomic E-state index is 2.51. The van der Waals surface area contributed by atoms with Crippen LogP contribution in [-0.4, -0.2) is 4.57 Å². The predicted molar refractivity (Wildman–Crippen MR) is 105 cm³/mol. The van der Waals surface area contributed by atoms with Gasteiger partial charge in [-0.15, -0.1) is 0 Å². The molecule has 0 aliphatic rings. The highest BCUT2D eigenvalue weighted by molar-refractivity contribution is 4.83. The molecule has 0 saturated carbocycles. The van der Waals surface area contributed by atoms with E-state index in [9.17, 15) is 0 Å². The third-order valence-corrected chi connectivity index (χ3v) is 5.19. The molecule has 0 aromatic carbocycles. The number of nitrogens with zero attached hydrogens (tertiary/aromatic N) is 2. The molecule has 2 heteroatoms. The van der Waals surface area contributed by atoms with E-state index in [0.717, 1.165) is 6.54 Å². The van der Waals surface area contributed by atoms with E-state index in [0.29, 0.717) is 0 Å². The smallest absolute Gasteiger partial charge is 0.235 e. The molecule has 0 spiro atoms. The van der Waals surface area contributed by atoms with Gasteiger partial charge in [0.15, 0.2) is 0 Å². The van der Waals surface area contributed by atoms with Crippen LogP contribution < -0.4 is 4.57 Å². The molecule has 0 bridgehead atoms. The molecular weight excluding hydrogens is 292 g/mol. The zero-order valence-corrected chi connectivity index (χ0v) is 16.9. The van der Waals surface area contributed by atoms with Crippen molar-refractivity contribution in [1.82, 2.24) is 4.57 Å². The highest BCUT2D eigenvalue weighted by Crippen LogP contribution is 2.12. The van der Waals surface area contributed by atoms with Crippen LogP contribution in [0.4, 0.5) is 0 Å². The summed E-state index contributed by atoms with van der Waals surface area (Å²) >= 11 is 0. The molecule has 1 aromatic heterocycles. The summed E-state index contributed by atoms with van der Waals surface area (Å²) < 4.78 is 4.95. The number of hydrogen-bond donors (Lipinski definition) is 0. The van der Waals surface area contributed by atoms with E-state index in [4.69, 9.17) is 0 Å². The zero-order chi connectivity index (χ0) is 17.5. The Kier molecular flexibility index (Phi) is 12.9. The number of rotatable bonds is 16. The van der Waals surface area contributed by atoms with Gasteiger partial charge in [-0.25, -0.2) is 9.13 Å². The lowest BCUT2D eigenvalue weighted by molar-refractivity contribution is -0.704. The highest BCUT2D eigenvalue weighted by Gasteiger charge is 2.14. The standard InChI is InChI=1S/C22H43N2/c1-4-7-9-10-11-12-13-14-15-16-18-22-23(6-3)20-21-24(22)19-17-8-5-2/h20-21H,4-19H2,1-3H3/q+1. The second-order valence-electron chi connectivity index (χ2n) is 7.33. The lowest BCUT2D eigenvalue weighted by atomic mass is 10.1. The molecule has 140 valence electrons. The summed E-state index contributed by atoms with van der Waals surface area (Å²) in [6, 6.07) is 0. The van der Waals surface area contributed by atoms with E-state index in [1.807, 2.05) is 0 Å². The van der Waals surface area contributed by atoms with Crippen LogP contribution in [0.15, 0.2) is 12.4 Å². The molecule has 2 nitrogen and oxygen atoms in total. The number of imidazole rings is 1. The first kappa shape index (κ1) is 21.3. The lowest BCUT2D eigenvalue weighted by Crippen LogP contribution is -2.37. The van der Waals surface area contributed by atoms with E-state index >= 15 is 0 Å². The molecule has 1 aromatic rings.